The number of nitrogens with zero attached hydrogens (tertiary/aromatic N) is 3. The lowest BCUT2D eigenvalue weighted by Gasteiger charge is -2.37. The van der Waals surface area contributed by atoms with E-state index in [0.29, 0.717) is 43.6 Å². The number of hydrogen-bond acceptors (Lipinski definition) is 9. The van der Waals surface area contributed by atoms with Gasteiger partial charge in [-0.2, -0.15) is 5.10 Å². The molecular formula is C27H36N6O5. The topological polar surface area (TPSA) is 152 Å². The maximum absolute atomic E-state index is 12.3. The Bertz CT molecular complexity index is 1250. The zero-order valence-electron chi connectivity index (χ0n) is 21.5. The average Bonchev–Trinajstić information content (AvgIpc) is 3.32. The molecular weight excluding hydrogens is 488 g/mol. The van der Waals surface area contributed by atoms with Crippen LogP contribution < -0.4 is 21.1 Å². The summed E-state index contributed by atoms with van der Waals surface area (Å²) >= 11 is 0. The van der Waals surface area contributed by atoms with E-state index >= 15 is 0 Å². The van der Waals surface area contributed by atoms with Crippen LogP contribution in [0.15, 0.2) is 30.3 Å². The van der Waals surface area contributed by atoms with E-state index in [1.165, 1.54) is 0 Å². The molecule has 11 heteroatoms. The van der Waals surface area contributed by atoms with Crippen LogP contribution in [0.2, 0.25) is 0 Å². The number of H-pyrrole nitrogens is 1. The van der Waals surface area contributed by atoms with Gasteiger partial charge in [-0.1, -0.05) is 6.07 Å². The first-order valence-corrected chi connectivity index (χ1v) is 13.2. The van der Waals surface area contributed by atoms with E-state index in [4.69, 9.17) is 30.8 Å². The number of nitrogens with one attached hydrogen (secondary N) is 1. The van der Waals surface area contributed by atoms with Gasteiger partial charge >= 0.3 is 0 Å². The Morgan fingerprint density at radius 2 is 1.89 bits per heavy atom. The van der Waals surface area contributed by atoms with Crippen molar-refractivity contribution < 1.29 is 24.1 Å². The van der Waals surface area contributed by atoms with Gasteiger partial charge in [-0.05, 0) is 35.4 Å². The van der Waals surface area contributed by atoms with E-state index in [-0.39, 0.29) is 12.7 Å². The molecule has 0 aliphatic carbocycles. The number of fused-ring (bicyclic) bond motifs is 1. The fraction of sp³-hybridized carbons (Fsp3) is 0.481. The molecule has 0 saturated carbocycles. The van der Waals surface area contributed by atoms with Crippen LogP contribution in [0.4, 0.5) is 11.5 Å². The summed E-state index contributed by atoms with van der Waals surface area (Å²) in [4.78, 5) is 16.9. The Morgan fingerprint density at radius 3 is 2.63 bits per heavy atom. The van der Waals surface area contributed by atoms with Crippen molar-refractivity contribution in [2.45, 2.75) is 18.9 Å². The number of benzene rings is 2. The number of piperazine rings is 1. The van der Waals surface area contributed by atoms with Gasteiger partial charge in [-0.3, -0.25) is 14.8 Å². The van der Waals surface area contributed by atoms with E-state index in [1.807, 2.05) is 24.3 Å². The fourth-order valence-corrected chi connectivity index (χ4v) is 5.13. The number of primary amides is 1. The molecule has 1 aromatic heterocycles. The minimum absolute atomic E-state index is 0.0316. The summed E-state index contributed by atoms with van der Waals surface area (Å²) in [5.74, 6) is 0.637. The van der Waals surface area contributed by atoms with Gasteiger partial charge in [0.05, 0.1) is 55.2 Å². The number of aliphatic hydroxyl groups excluding tert-OH is 1. The summed E-state index contributed by atoms with van der Waals surface area (Å²) in [6.07, 6.45) is 1.69. The number of amides is 1. The summed E-state index contributed by atoms with van der Waals surface area (Å²) in [6.45, 7) is 6.33. The third-order valence-electron chi connectivity index (χ3n) is 7.21. The molecule has 0 radical (unpaired) electrons. The number of nitrogen functional groups attached to an aromatic ring is 1. The van der Waals surface area contributed by atoms with Crippen LogP contribution in [0.1, 0.15) is 23.2 Å². The molecule has 2 fully saturated rings. The Hall–Kier alpha value is -3.38. The van der Waals surface area contributed by atoms with Crippen molar-refractivity contribution in [1.82, 2.24) is 15.1 Å². The van der Waals surface area contributed by atoms with Crippen molar-refractivity contribution in [3.05, 3.63) is 35.9 Å². The van der Waals surface area contributed by atoms with Gasteiger partial charge in [0.25, 0.3) is 5.91 Å². The number of rotatable bonds is 10. The lowest BCUT2D eigenvalue weighted by molar-refractivity contribution is 0.0262. The molecule has 0 bridgehead atoms. The smallest absolute Gasteiger partial charge is 0.250 e. The number of hydrogen-bond donors (Lipinski definition) is 4. The summed E-state index contributed by atoms with van der Waals surface area (Å²) in [5.41, 5.74) is 15.9. The van der Waals surface area contributed by atoms with E-state index in [1.54, 1.807) is 6.07 Å². The molecule has 3 heterocycles. The highest BCUT2D eigenvalue weighted by Gasteiger charge is 2.23. The molecule has 2 saturated heterocycles. The monoisotopic (exact) mass is 524 g/mol. The second-order valence-electron chi connectivity index (χ2n) is 9.70. The molecule has 6 N–H and O–H groups in total. The number of aliphatic hydroxyl groups is 1. The van der Waals surface area contributed by atoms with Crippen molar-refractivity contribution in [2.24, 2.45) is 5.73 Å². The summed E-state index contributed by atoms with van der Waals surface area (Å²) in [5, 5.41) is 16.9. The molecule has 2 aliphatic heterocycles. The molecule has 0 spiro atoms. The second-order valence-corrected chi connectivity index (χ2v) is 9.70. The average molecular weight is 525 g/mol. The van der Waals surface area contributed by atoms with E-state index < -0.39 is 5.91 Å². The Balaban J connectivity index is 1.40. The molecule has 1 amide bonds. The van der Waals surface area contributed by atoms with Gasteiger partial charge in [0.15, 0.2) is 5.82 Å². The van der Waals surface area contributed by atoms with Gasteiger partial charge in [0, 0.05) is 45.6 Å². The van der Waals surface area contributed by atoms with Gasteiger partial charge in [-0.15, -0.1) is 0 Å². The van der Waals surface area contributed by atoms with Crippen LogP contribution in [0.5, 0.6) is 5.75 Å². The molecule has 5 rings (SSSR count). The lowest BCUT2D eigenvalue weighted by Crippen LogP contribution is -2.47. The zero-order chi connectivity index (χ0) is 26.5. The number of aromatic amines is 1. The first-order valence-electron chi connectivity index (χ1n) is 13.2. The number of nitrogens with two attached hydrogens (primary N) is 2. The largest absolute Gasteiger partial charge is 0.489 e. The SMILES string of the molecule is NC(=O)c1ccc(-c2cc(OC3CCOCC3)c3c(N)n[nH]c3c2)cc1N1CCN(CCOCCO)CC1. The Labute approximate surface area is 221 Å². The predicted molar refractivity (Wildman–Crippen MR) is 145 cm³/mol. The first-order chi connectivity index (χ1) is 18.5. The minimum Gasteiger partial charge on any atom is -0.489 e. The number of ether oxygens (including phenoxy) is 3. The van der Waals surface area contributed by atoms with Crippen LogP contribution in [0.25, 0.3) is 22.0 Å². The van der Waals surface area contributed by atoms with Gasteiger partial charge in [0.1, 0.15) is 11.9 Å². The van der Waals surface area contributed by atoms with Crippen molar-refractivity contribution >= 4 is 28.3 Å². The van der Waals surface area contributed by atoms with Gasteiger partial charge in [0.2, 0.25) is 0 Å². The molecule has 2 aliphatic rings. The fourth-order valence-electron chi connectivity index (χ4n) is 5.13. The summed E-state index contributed by atoms with van der Waals surface area (Å²) in [7, 11) is 0. The number of carbonyl (C=O) groups is 1. The van der Waals surface area contributed by atoms with Crippen LogP contribution in [-0.2, 0) is 9.47 Å². The van der Waals surface area contributed by atoms with Crippen molar-refractivity contribution in [3.63, 3.8) is 0 Å². The van der Waals surface area contributed by atoms with Crippen molar-refractivity contribution in [3.8, 4) is 16.9 Å². The Kier molecular flexibility index (Phi) is 8.28. The third kappa shape index (κ3) is 5.86. The molecule has 0 unspecified atom stereocenters. The lowest BCUT2D eigenvalue weighted by atomic mass is 9.99. The number of aromatic nitrogens is 2. The van der Waals surface area contributed by atoms with E-state index in [0.717, 1.165) is 73.3 Å². The number of carbonyl (C=O) groups excluding carboxylic acids is 1. The minimum atomic E-state index is -0.452. The summed E-state index contributed by atoms with van der Waals surface area (Å²) < 4.78 is 17.3. The first kappa shape index (κ1) is 26.2. The molecule has 2 aromatic carbocycles. The molecule has 204 valence electrons. The highest BCUT2D eigenvalue weighted by Crippen LogP contribution is 2.37. The zero-order valence-corrected chi connectivity index (χ0v) is 21.5. The van der Waals surface area contributed by atoms with Crippen LogP contribution in [-0.4, -0.2) is 98.0 Å². The van der Waals surface area contributed by atoms with Crippen LogP contribution in [0.3, 0.4) is 0 Å². The van der Waals surface area contributed by atoms with E-state index in [9.17, 15) is 4.79 Å². The van der Waals surface area contributed by atoms with Crippen molar-refractivity contribution in [1.29, 1.82) is 0 Å². The molecule has 11 nitrogen and oxygen atoms in total. The Morgan fingerprint density at radius 1 is 1.11 bits per heavy atom. The summed E-state index contributed by atoms with van der Waals surface area (Å²) in [6, 6.07) is 9.74. The van der Waals surface area contributed by atoms with Gasteiger partial charge in [-0.25, -0.2) is 0 Å². The predicted octanol–water partition coefficient (Wildman–Crippen LogP) is 1.60. The number of anilines is 2. The van der Waals surface area contributed by atoms with Gasteiger partial charge < -0.3 is 35.7 Å². The molecule has 3 aromatic rings. The van der Waals surface area contributed by atoms with Crippen molar-refractivity contribution in [2.75, 3.05) is 76.4 Å². The third-order valence-corrected chi connectivity index (χ3v) is 7.21. The highest BCUT2D eigenvalue weighted by molar-refractivity contribution is 6.01. The normalized spacial score (nSPS) is 17.2. The molecule has 38 heavy (non-hydrogen) atoms. The standard InChI is InChI=1S/C27H36N6O5/c28-26-25-22(30-31-26)15-19(17-24(25)38-20-3-11-36-12-4-20)18-1-2-21(27(29)35)23(16-18)33-7-5-32(6-8-33)9-13-37-14-10-34/h1-2,15-17,20,34H,3-14H2,(H2,29,35)(H3,28,30,31). The quantitative estimate of drug-likeness (QED) is 0.290. The maximum atomic E-state index is 12.3. The van der Waals surface area contributed by atoms with Crippen LogP contribution >= 0.6 is 0 Å². The van der Waals surface area contributed by atoms with Crippen LogP contribution in [0, 0.1) is 0 Å². The van der Waals surface area contributed by atoms with E-state index in [2.05, 4.69) is 20.0 Å². The highest BCUT2D eigenvalue weighted by atomic mass is 16.5. The maximum Gasteiger partial charge on any atom is 0.250 e. The second kappa shape index (κ2) is 12.0. The molecule has 0 atom stereocenters.